The SMILES string of the molecule is C=C(C)/C=C\C.CC.N#Cc1ccc(CC([NH3+])C(=O)Nc2cc(Cl)c(F)c(Cl)c2)cc1. The Labute approximate surface area is 194 Å². The molecule has 0 aliphatic carbocycles. The van der Waals surface area contributed by atoms with E-state index in [0.717, 1.165) is 11.1 Å². The fourth-order valence-electron chi connectivity index (χ4n) is 2.25. The Hall–Kier alpha value is -2.65. The molecule has 0 heterocycles. The van der Waals surface area contributed by atoms with Crippen LogP contribution in [0.25, 0.3) is 0 Å². The number of nitrogens with zero attached hydrogens (tertiary/aromatic N) is 1. The van der Waals surface area contributed by atoms with Crippen molar-refractivity contribution in [2.45, 2.75) is 40.2 Å². The molecule has 0 saturated carbocycles. The molecule has 166 valence electrons. The topological polar surface area (TPSA) is 80.5 Å². The first-order chi connectivity index (χ1) is 14.7. The summed E-state index contributed by atoms with van der Waals surface area (Å²) in [5, 5.41) is 11.0. The first-order valence-electron chi connectivity index (χ1n) is 9.73. The van der Waals surface area contributed by atoms with E-state index in [2.05, 4.69) is 17.6 Å². The molecule has 2 rings (SSSR count). The van der Waals surface area contributed by atoms with Crippen LogP contribution in [0.4, 0.5) is 10.1 Å². The van der Waals surface area contributed by atoms with Gasteiger partial charge >= 0.3 is 0 Å². The molecule has 0 spiro atoms. The molecule has 0 bridgehead atoms. The van der Waals surface area contributed by atoms with E-state index in [9.17, 15) is 9.18 Å². The minimum atomic E-state index is -0.727. The molecular formula is C24H29Cl2FN3O+. The van der Waals surface area contributed by atoms with E-state index in [1.54, 1.807) is 24.3 Å². The van der Waals surface area contributed by atoms with E-state index < -0.39 is 11.9 Å². The largest absolute Gasteiger partial charge is 0.347 e. The molecule has 0 fully saturated rings. The number of carbonyl (C=O) groups excluding carboxylic acids is 1. The van der Waals surface area contributed by atoms with Crippen molar-refractivity contribution in [3.05, 3.63) is 87.7 Å². The van der Waals surface area contributed by atoms with Gasteiger partial charge < -0.3 is 11.1 Å². The van der Waals surface area contributed by atoms with Crippen LogP contribution in [0.15, 0.2) is 60.7 Å². The zero-order valence-electron chi connectivity index (χ0n) is 18.3. The van der Waals surface area contributed by atoms with E-state index in [1.165, 1.54) is 12.1 Å². The summed E-state index contributed by atoms with van der Waals surface area (Å²) in [5.74, 6) is -1.07. The van der Waals surface area contributed by atoms with Gasteiger partial charge in [-0.2, -0.15) is 5.26 Å². The molecule has 4 nitrogen and oxygen atoms in total. The molecule has 0 radical (unpaired) electrons. The Bertz CT molecular complexity index is 912. The van der Waals surface area contributed by atoms with Crippen LogP contribution >= 0.6 is 23.2 Å². The maximum absolute atomic E-state index is 13.3. The number of hydrogen-bond acceptors (Lipinski definition) is 2. The number of amides is 1. The van der Waals surface area contributed by atoms with E-state index >= 15 is 0 Å². The molecule has 2 aromatic carbocycles. The minimum absolute atomic E-state index is 0.166. The number of allylic oxidation sites excluding steroid dienone is 3. The second-order valence-corrected chi connectivity index (χ2v) is 7.11. The maximum Gasteiger partial charge on any atom is 0.282 e. The molecule has 2 aromatic rings. The molecule has 7 heteroatoms. The summed E-state index contributed by atoms with van der Waals surface area (Å²) in [6.07, 6.45) is 4.35. The lowest BCUT2D eigenvalue weighted by Gasteiger charge is -2.11. The van der Waals surface area contributed by atoms with E-state index in [4.69, 9.17) is 28.5 Å². The number of quaternary nitrogens is 1. The molecule has 0 saturated heterocycles. The zero-order valence-corrected chi connectivity index (χ0v) is 19.8. The number of anilines is 1. The predicted molar refractivity (Wildman–Crippen MR) is 128 cm³/mol. The standard InChI is InChI=1S/C16H12Cl2FN3O.C6H10.C2H6/c17-12-6-11(7-13(18)15(12)19)22-16(23)14(21)5-9-1-3-10(8-20)4-2-9;1-4-5-6(2)3;1-2/h1-4,6-7,14H,5,21H2,(H,22,23);4-5H,2H2,1,3H3;1-2H3/p+1/b;5-4-;. The number of carbonyl (C=O) groups is 1. The van der Waals surface area contributed by atoms with Gasteiger partial charge in [-0.05, 0) is 43.7 Å². The third-order valence-corrected chi connectivity index (χ3v) is 4.19. The van der Waals surface area contributed by atoms with Crippen molar-refractivity contribution in [2.24, 2.45) is 0 Å². The highest BCUT2D eigenvalue weighted by Crippen LogP contribution is 2.27. The number of hydrogen-bond donors (Lipinski definition) is 2. The fourth-order valence-corrected chi connectivity index (χ4v) is 2.74. The highest BCUT2D eigenvalue weighted by atomic mass is 35.5. The Balaban J connectivity index is 0.000000970. The molecular weight excluding hydrogens is 436 g/mol. The summed E-state index contributed by atoms with van der Waals surface area (Å²) in [7, 11) is 0. The van der Waals surface area contributed by atoms with Crippen molar-refractivity contribution in [1.29, 1.82) is 5.26 Å². The molecule has 1 atom stereocenters. The first-order valence-corrected chi connectivity index (χ1v) is 10.5. The molecule has 4 N–H and O–H groups in total. The summed E-state index contributed by atoms with van der Waals surface area (Å²) in [6.45, 7) is 11.6. The van der Waals surface area contributed by atoms with Crippen molar-refractivity contribution in [2.75, 3.05) is 5.32 Å². The van der Waals surface area contributed by atoms with Gasteiger partial charge in [0.25, 0.3) is 5.91 Å². The van der Waals surface area contributed by atoms with Gasteiger partial charge in [0, 0.05) is 12.1 Å². The van der Waals surface area contributed by atoms with Gasteiger partial charge in [0.05, 0.1) is 21.7 Å². The molecule has 31 heavy (non-hydrogen) atoms. The summed E-state index contributed by atoms with van der Waals surface area (Å²) >= 11 is 11.4. The van der Waals surface area contributed by atoms with Gasteiger partial charge in [0.15, 0.2) is 11.9 Å². The third-order valence-electron chi connectivity index (χ3n) is 3.64. The lowest BCUT2D eigenvalue weighted by Crippen LogP contribution is -2.67. The molecule has 0 aliphatic heterocycles. The minimum Gasteiger partial charge on any atom is -0.347 e. The second-order valence-electron chi connectivity index (χ2n) is 6.30. The fraction of sp³-hybridized carbons (Fsp3) is 0.250. The molecule has 0 aromatic heterocycles. The van der Waals surface area contributed by atoms with E-state index in [-0.39, 0.29) is 16.0 Å². The smallest absolute Gasteiger partial charge is 0.282 e. The number of halogens is 3. The van der Waals surface area contributed by atoms with Crippen LogP contribution in [0.5, 0.6) is 0 Å². The van der Waals surface area contributed by atoms with Crippen LogP contribution in [0.3, 0.4) is 0 Å². The van der Waals surface area contributed by atoms with Crippen LogP contribution < -0.4 is 11.1 Å². The van der Waals surface area contributed by atoms with Crippen LogP contribution in [0.1, 0.15) is 38.8 Å². The number of nitriles is 1. The van der Waals surface area contributed by atoms with Crippen LogP contribution in [-0.2, 0) is 11.2 Å². The van der Waals surface area contributed by atoms with E-state index in [0.29, 0.717) is 17.7 Å². The summed E-state index contributed by atoms with van der Waals surface area (Å²) in [5.41, 5.74) is 6.67. The molecule has 0 aliphatic rings. The highest BCUT2D eigenvalue weighted by molar-refractivity contribution is 6.35. The normalized spacial score (nSPS) is 10.7. The van der Waals surface area contributed by atoms with Gasteiger partial charge in [-0.1, -0.05) is 73.5 Å². The Morgan fingerprint density at radius 3 is 2.16 bits per heavy atom. The summed E-state index contributed by atoms with van der Waals surface area (Å²) < 4.78 is 13.3. The van der Waals surface area contributed by atoms with Gasteiger partial charge in [0.1, 0.15) is 0 Å². The molecule has 1 unspecified atom stereocenters. The summed E-state index contributed by atoms with van der Waals surface area (Å²) in [4.78, 5) is 12.1. The summed E-state index contributed by atoms with van der Waals surface area (Å²) in [6, 6.07) is 10.9. The molecule has 1 amide bonds. The van der Waals surface area contributed by atoms with Crippen molar-refractivity contribution >= 4 is 34.8 Å². The monoisotopic (exact) mass is 464 g/mol. The Morgan fingerprint density at radius 2 is 1.77 bits per heavy atom. The van der Waals surface area contributed by atoms with Crippen molar-refractivity contribution < 1.29 is 14.9 Å². The van der Waals surface area contributed by atoms with Gasteiger partial charge in [-0.25, -0.2) is 4.39 Å². The van der Waals surface area contributed by atoms with Gasteiger partial charge in [-0.3, -0.25) is 4.79 Å². The first kappa shape index (κ1) is 28.4. The lowest BCUT2D eigenvalue weighted by molar-refractivity contribution is -0.402. The van der Waals surface area contributed by atoms with Crippen LogP contribution in [0.2, 0.25) is 10.0 Å². The number of nitrogens with one attached hydrogen (secondary N) is 1. The number of benzene rings is 2. The van der Waals surface area contributed by atoms with Crippen molar-refractivity contribution in [3.8, 4) is 6.07 Å². The Morgan fingerprint density at radius 1 is 1.26 bits per heavy atom. The average molecular weight is 465 g/mol. The van der Waals surface area contributed by atoms with Crippen molar-refractivity contribution in [1.82, 2.24) is 0 Å². The van der Waals surface area contributed by atoms with Gasteiger partial charge in [-0.15, -0.1) is 0 Å². The maximum atomic E-state index is 13.3. The van der Waals surface area contributed by atoms with Gasteiger partial charge in [0.2, 0.25) is 0 Å². The second kappa shape index (κ2) is 15.2. The quantitative estimate of drug-likeness (QED) is 0.422. The van der Waals surface area contributed by atoms with Crippen molar-refractivity contribution in [3.63, 3.8) is 0 Å². The average Bonchev–Trinajstić information content (AvgIpc) is 2.74. The predicted octanol–water partition coefficient (Wildman–Crippen LogP) is 5.96. The third kappa shape index (κ3) is 10.8. The number of rotatable bonds is 5. The Kier molecular flexibility index (Phi) is 13.9. The van der Waals surface area contributed by atoms with E-state index in [1.807, 2.05) is 45.9 Å². The lowest BCUT2D eigenvalue weighted by atomic mass is 10.0. The highest BCUT2D eigenvalue weighted by Gasteiger charge is 2.19. The van der Waals surface area contributed by atoms with Crippen LogP contribution in [-0.4, -0.2) is 11.9 Å². The van der Waals surface area contributed by atoms with Crippen LogP contribution in [0, 0.1) is 17.1 Å². The zero-order chi connectivity index (χ0) is 24.0.